The molecule has 0 saturated heterocycles. The number of rotatable bonds is 3. The van der Waals surface area contributed by atoms with Crippen LogP contribution in [0.3, 0.4) is 0 Å². The van der Waals surface area contributed by atoms with E-state index in [1.165, 1.54) is 16.3 Å². The van der Waals surface area contributed by atoms with Gasteiger partial charge in [0.1, 0.15) is 5.82 Å². The second kappa shape index (κ2) is 5.14. The molecule has 1 aromatic carbocycles. The summed E-state index contributed by atoms with van der Waals surface area (Å²) in [5, 5.41) is 2.06. The number of thiophene rings is 1. The Kier molecular flexibility index (Phi) is 3.83. The molecule has 15 heavy (non-hydrogen) atoms. The predicted octanol–water partition coefficient (Wildman–Crippen LogP) is 4.94. The summed E-state index contributed by atoms with van der Waals surface area (Å²) in [6.45, 7) is 0. The van der Waals surface area contributed by atoms with E-state index in [1.807, 2.05) is 12.1 Å². The molecule has 0 fully saturated rings. The van der Waals surface area contributed by atoms with Gasteiger partial charge in [-0.15, -0.1) is 23.1 Å². The molecule has 1 aromatic heterocycles. The summed E-state index contributed by atoms with van der Waals surface area (Å²) in [5.41, 5.74) is 1.12. The molecular weight excluding hydrogens is 295 g/mol. The van der Waals surface area contributed by atoms with Gasteiger partial charge in [-0.25, -0.2) is 4.39 Å². The number of benzene rings is 1. The van der Waals surface area contributed by atoms with E-state index in [0.717, 1.165) is 15.8 Å². The molecule has 0 bridgehead atoms. The number of hydrogen-bond donors (Lipinski definition) is 0. The highest BCUT2D eigenvalue weighted by Gasteiger charge is 2.02. The van der Waals surface area contributed by atoms with Crippen LogP contribution in [-0.2, 0) is 5.75 Å². The minimum atomic E-state index is -0.202. The zero-order chi connectivity index (χ0) is 10.7. The Balaban J connectivity index is 2.05. The summed E-state index contributed by atoms with van der Waals surface area (Å²) in [6, 6.07) is 8.94. The Labute approximate surface area is 105 Å². The number of hydrogen-bond acceptors (Lipinski definition) is 2. The first-order valence-corrected chi connectivity index (χ1v) is 7.02. The van der Waals surface area contributed by atoms with E-state index in [1.54, 1.807) is 23.1 Å². The second-order valence-electron chi connectivity index (χ2n) is 2.96. The molecule has 78 valence electrons. The van der Waals surface area contributed by atoms with Gasteiger partial charge in [-0.1, -0.05) is 28.1 Å². The third-order valence-electron chi connectivity index (χ3n) is 1.88. The van der Waals surface area contributed by atoms with Gasteiger partial charge < -0.3 is 0 Å². The summed E-state index contributed by atoms with van der Waals surface area (Å²) in [4.78, 5) is 0. The summed E-state index contributed by atoms with van der Waals surface area (Å²) in [5.74, 6) is 0.660. The van der Waals surface area contributed by atoms with E-state index in [9.17, 15) is 4.39 Å². The normalized spacial score (nSPS) is 10.5. The number of halogens is 2. The lowest BCUT2D eigenvalue weighted by molar-refractivity contribution is 0.626. The van der Waals surface area contributed by atoms with Crippen molar-refractivity contribution in [2.75, 3.05) is 0 Å². The molecule has 0 N–H and O–H groups in total. The molecule has 0 unspecified atom stereocenters. The maximum atomic E-state index is 12.8. The lowest BCUT2D eigenvalue weighted by Gasteiger charge is -2.02. The van der Waals surface area contributed by atoms with Gasteiger partial charge in [-0.2, -0.15) is 0 Å². The molecule has 0 saturated carbocycles. The van der Waals surface area contributed by atoms with Crippen LogP contribution in [0.1, 0.15) is 5.56 Å². The minimum Gasteiger partial charge on any atom is -0.207 e. The Morgan fingerprint density at radius 3 is 2.87 bits per heavy atom. The van der Waals surface area contributed by atoms with Gasteiger partial charge >= 0.3 is 0 Å². The fraction of sp³-hybridized carbons (Fsp3) is 0.0909. The standard InChI is InChI=1S/C11H8BrFS2/c12-10-6-9(13)4-3-8(10)7-15-11-2-1-5-14-11/h1-6H,7H2. The van der Waals surface area contributed by atoms with Crippen LogP contribution in [0.15, 0.2) is 44.4 Å². The second-order valence-corrected chi connectivity index (χ2v) is 6.03. The summed E-state index contributed by atoms with van der Waals surface area (Å²) in [7, 11) is 0. The predicted molar refractivity (Wildman–Crippen MR) is 68.0 cm³/mol. The van der Waals surface area contributed by atoms with Crippen LogP contribution in [-0.4, -0.2) is 0 Å². The highest BCUT2D eigenvalue weighted by atomic mass is 79.9. The molecule has 2 aromatic rings. The van der Waals surface area contributed by atoms with E-state index in [2.05, 4.69) is 27.4 Å². The summed E-state index contributed by atoms with van der Waals surface area (Å²) < 4.78 is 14.9. The van der Waals surface area contributed by atoms with E-state index in [4.69, 9.17) is 0 Å². The molecule has 0 atom stereocenters. The maximum absolute atomic E-state index is 12.8. The zero-order valence-corrected chi connectivity index (χ0v) is 11.0. The van der Waals surface area contributed by atoms with E-state index < -0.39 is 0 Å². The van der Waals surface area contributed by atoms with Gasteiger partial charge in [-0.3, -0.25) is 0 Å². The summed E-state index contributed by atoms with van der Waals surface area (Å²) in [6.07, 6.45) is 0. The van der Waals surface area contributed by atoms with Crippen molar-refractivity contribution in [1.29, 1.82) is 0 Å². The summed E-state index contributed by atoms with van der Waals surface area (Å²) >= 11 is 6.85. The van der Waals surface area contributed by atoms with Gasteiger partial charge in [-0.05, 0) is 29.1 Å². The van der Waals surface area contributed by atoms with Crippen molar-refractivity contribution in [3.63, 3.8) is 0 Å². The van der Waals surface area contributed by atoms with Crippen molar-refractivity contribution >= 4 is 39.0 Å². The first-order chi connectivity index (χ1) is 7.25. The molecule has 2 rings (SSSR count). The lowest BCUT2D eigenvalue weighted by Crippen LogP contribution is -1.83. The minimum absolute atomic E-state index is 0.202. The van der Waals surface area contributed by atoms with Gasteiger partial charge in [0.15, 0.2) is 0 Å². The van der Waals surface area contributed by atoms with Crippen molar-refractivity contribution in [1.82, 2.24) is 0 Å². The first kappa shape index (κ1) is 11.2. The van der Waals surface area contributed by atoms with E-state index in [0.29, 0.717) is 0 Å². The lowest BCUT2D eigenvalue weighted by atomic mass is 10.2. The smallest absolute Gasteiger partial charge is 0.124 e. The van der Waals surface area contributed by atoms with Crippen LogP contribution in [0.2, 0.25) is 0 Å². The third-order valence-corrected chi connectivity index (χ3v) is 4.80. The van der Waals surface area contributed by atoms with Crippen molar-refractivity contribution in [3.05, 3.63) is 51.6 Å². The van der Waals surface area contributed by atoms with Gasteiger partial charge in [0, 0.05) is 10.2 Å². The SMILES string of the molecule is Fc1ccc(CSc2cccs2)c(Br)c1. The molecule has 0 nitrogen and oxygen atoms in total. The molecular formula is C11H8BrFS2. The molecule has 1 heterocycles. The maximum Gasteiger partial charge on any atom is 0.124 e. The van der Waals surface area contributed by atoms with Crippen molar-refractivity contribution in [2.45, 2.75) is 9.96 Å². The molecule has 0 radical (unpaired) electrons. The molecule has 0 aliphatic rings. The Morgan fingerprint density at radius 2 is 2.20 bits per heavy atom. The Morgan fingerprint density at radius 1 is 1.33 bits per heavy atom. The quantitative estimate of drug-likeness (QED) is 0.724. The average molecular weight is 303 g/mol. The monoisotopic (exact) mass is 302 g/mol. The topological polar surface area (TPSA) is 0 Å². The van der Waals surface area contributed by atoms with Crippen molar-refractivity contribution in [3.8, 4) is 0 Å². The molecule has 4 heteroatoms. The molecule has 0 spiro atoms. The largest absolute Gasteiger partial charge is 0.207 e. The van der Waals surface area contributed by atoms with E-state index >= 15 is 0 Å². The third kappa shape index (κ3) is 3.06. The Hall–Kier alpha value is -0.320. The van der Waals surface area contributed by atoms with Crippen LogP contribution >= 0.6 is 39.0 Å². The van der Waals surface area contributed by atoms with Gasteiger partial charge in [0.25, 0.3) is 0 Å². The van der Waals surface area contributed by atoms with E-state index in [-0.39, 0.29) is 5.82 Å². The first-order valence-electron chi connectivity index (χ1n) is 4.36. The fourth-order valence-corrected chi connectivity index (χ4v) is 3.60. The van der Waals surface area contributed by atoms with Crippen LogP contribution in [0.5, 0.6) is 0 Å². The van der Waals surface area contributed by atoms with Crippen LogP contribution < -0.4 is 0 Å². The number of thioether (sulfide) groups is 1. The van der Waals surface area contributed by atoms with Crippen LogP contribution in [0.25, 0.3) is 0 Å². The fourth-order valence-electron chi connectivity index (χ4n) is 1.13. The van der Waals surface area contributed by atoms with Crippen LogP contribution in [0.4, 0.5) is 4.39 Å². The van der Waals surface area contributed by atoms with Crippen molar-refractivity contribution < 1.29 is 4.39 Å². The van der Waals surface area contributed by atoms with Crippen molar-refractivity contribution in [2.24, 2.45) is 0 Å². The highest BCUT2D eigenvalue weighted by Crippen LogP contribution is 2.29. The van der Waals surface area contributed by atoms with Gasteiger partial charge in [0.2, 0.25) is 0 Å². The molecule has 0 aliphatic carbocycles. The Bertz CT molecular complexity index is 440. The highest BCUT2D eigenvalue weighted by molar-refractivity contribution is 9.10. The zero-order valence-electron chi connectivity index (χ0n) is 7.74. The molecule has 0 aliphatic heterocycles. The van der Waals surface area contributed by atoms with Gasteiger partial charge in [0.05, 0.1) is 4.21 Å². The van der Waals surface area contributed by atoms with Crippen LogP contribution in [0, 0.1) is 5.82 Å². The molecule has 0 amide bonds. The average Bonchev–Trinajstić information content (AvgIpc) is 2.69.